The van der Waals surface area contributed by atoms with Gasteiger partial charge in [-0.25, -0.2) is 9.18 Å². The fourth-order valence-electron chi connectivity index (χ4n) is 2.86. The maximum Gasteiger partial charge on any atom is 0.412 e. The first-order valence-corrected chi connectivity index (χ1v) is 7.29. The molecule has 2 aliphatic rings. The van der Waals surface area contributed by atoms with Gasteiger partial charge >= 0.3 is 6.09 Å². The third-order valence-electron chi connectivity index (χ3n) is 3.96. The van der Waals surface area contributed by atoms with Crippen molar-refractivity contribution in [2.75, 3.05) is 6.54 Å². The second-order valence-corrected chi connectivity index (χ2v) is 5.66. The van der Waals surface area contributed by atoms with Gasteiger partial charge in [-0.2, -0.15) is 0 Å². The molecule has 1 aromatic rings. The number of carbonyl (C=O) groups excluding carboxylic acids is 3. The summed E-state index contributed by atoms with van der Waals surface area (Å²) in [7, 11) is 0. The molecule has 7 nitrogen and oxygen atoms in total. The second-order valence-electron chi connectivity index (χ2n) is 5.66. The monoisotopic (exact) mass is 321 g/mol. The average Bonchev–Trinajstić information content (AvgIpc) is 2.92. The summed E-state index contributed by atoms with van der Waals surface area (Å²) in [5, 5.41) is 5.24. The van der Waals surface area contributed by atoms with Gasteiger partial charge in [0.05, 0.1) is 6.04 Å². The predicted molar refractivity (Wildman–Crippen MR) is 77.1 cm³/mol. The number of rotatable bonds is 2. The van der Waals surface area contributed by atoms with Crippen LogP contribution >= 0.6 is 0 Å². The number of fused-ring (bicyclic) bond motifs is 1. The molecule has 3 rings (SSSR count). The molecule has 8 heteroatoms. The number of halogens is 1. The maximum atomic E-state index is 12.8. The zero-order valence-electron chi connectivity index (χ0n) is 12.4. The lowest BCUT2D eigenvalue weighted by Crippen LogP contribution is -2.60. The van der Waals surface area contributed by atoms with E-state index >= 15 is 0 Å². The van der Waals surface area contributed by atoms with Crippen LogP contribution in [0.5, 0.6) is 5.75 Å². The van der Waals surface area contributed by atoms with E-state index in [2.05, 4.69) is 10.6 Å². The van der Waals surface area contributed by atoms with E-state index in [0.717, 1.165) is 0 Å². The number of nitrogens with zero attached hydrogens (tertiary/aromatic N) is 1. The molecule has 0 aliphatic carbocycles. The molecule has 0 aromatic heterocycles. The molecule has 0 unspecified atom stereocenters. The van der Waals surface area contributed by atoms with E-state index < -0.39 is 24.0 Å². The van der Waals surface area contributed by atoms with Gasteiger partial charge in [-0.3, -0.25) is 9.59 Å². The van der Waals surface area contributed by atoms with Crippen molar-refractivity contribution in [3.05, 3.63) is 30.1 Å². The van der Waals surface area contributed by atoms with E-state index in [4.69, 9.17) is 4.74 Å². The number of piperazine rings is 1. The molecule has 2 N–H and O–H groups in total. The summed E-state index contributed by atoms with van der Waals surface area (Å²) in [5.74, 6) is -0.592. The van der Waals surface area contributed by atoms with Gasteiger partial charge in [-0.1, -0.05) is 0 Å². The minimum Gasteiger partial charge on any atom is -0.410 e. The van der Waals surface area contributed by atoms with Crippen molar-refractivity contribution in [2.24, 2.45) is 0 Å². The first-order valence-electron chi connectivity index (χ1n) is 7.29. The van der Waals surface area contributed by atoms with Gasteiger partial charge < -0.3 is 20.3 Å². The van der Waals surface area contributed by atoms with Crippen molar-refractivity contribution in [1.82, 2.24) is 15.5 Å². The Morgan fingerprint density at radius 2 is 2.04 bits per heavy atom. The zero-order chi connectivity index (χ0) is 16.6. The highest BCUT2D eigenvalue weighted by Gasteiger charge is 2.45. The minimum atomic E-state index is -0.706. The molecule has 2 aliphatic heterocycles. The summed E-state index contributed by atoms with van der Waals surface area (Å²) in [4.78, 5) is 37.3. The smallest absolute Gasteiger partial charge is 0.410 e. The fraction of sp³-hybridized carbons (Fsp3) is 0.400. The zero-order valence-corrected chi connectivity index (χ0v) is 12.4. The molecule has 1 aromatic carbocycles. The number of amides is 3. The number of ether oxygens (including phenoxy) is 1. The predicted octanol–water partition coefficient (Wildman–Crippen LogP) is 0.402. The lowest BCUT2D eigenvalue weighted by Gasteiger charge is -2.32. The quantitative estimate of drug-likeness (QED) is 0.825. The van der Waals surface area contributed by atoms with Crippen molar-refractivity contribution < 1.29 is 23.5 Å². The average molecular weight is 321 g/mol. The first kappa shape index (κ1) is 15.3. The van der Waals surface area contributed by atoms with Gasteiger partial charge in [0.15, 0.2) is 0 Å². The van der Waals surface area contributed by atoms with E-state index in [1.54, 1.807) is 6.92 Å². The minimum absolute atomic E-state index is 0.161. The number of benzene rings is 1. The normalized spacial score (nSPS) is 26.5. The summed E-state index contributed by atoms with van der Waals surface area (Å²) < 4.78 is 17.8. The van der Waals surface area contributed by atoms with Gasteiger partial charge in [-0.05, 0) is 37.6 Å². The lowest BCUT2D eigenvalue weighted by molar-refractivity contribution is -0.146. The molecular formula is C15H16FN3O4. The Kier molecular flexibility index (Phi) is 3.89. The number of carbonyl (C=O) groups is 3. The van der Waals surface area contributed by atoms with Crippen molar-refractivity contribution in [3.63, 3.8) is 0 Å². The topological polar surface area (TPSA) is 87.7 Å². The van der Waals surface area contributed by atoms with Crippen LogP contribution in [0.2, 0.25) is 0 Å². The summed E-state index contributed by atoms with van der Waals surface area (Å²) in [6.45, 7) is 1.89. The van der Waals surface area contributed by atoms with Crippen LogP contribution in [-0.2, 0) is 9.59 Å². The van der Waals surface area contributed by atoms with Gasteiger partial charge in [0.25, 0.3) is 0 Å². The van der Waals surface area contributed by atoms with Crippen LogP contribution in [0.1, 0.15) is 13.3 Å². The van der Waals surface area contributed by atoms with Crippen molar-refractivity contribution in [1.29, 1.82) is 0 Å². The van der Waals surface area contributed by atoms with Gasteiger partial charge in [0.2, 0.25) is 11.8 Å². The molecule has 0 saturated carbocycles. The highest BCUT2D eigenvalue weighted by Crippen LogP contribution is 2.22. The van der Waals surface area contributed by atoms with Crippen LogP contribution in [0.3, 0.4) is 0 Å². The third kappa shape index (κ3) is 3.10. The van der Waals surface area contributed by atoms with Crippen LogP contribution in [0.25, 0.3) is 0 Å². The summed E-state index contributed by atoms with van der Waals surface area (Å²) in [5.41, 5.74) is 0. The molecule has 2 heterocycles. The Balaban J connectivity index is 1.59. The van der Waals surface area contributed by atoms with Crippen LogP contribution in [0, 0.1) is 5.82 Å². The highest BCUT2D eigenvalue weighted by atomic mass is 19.1. The van der Waals surface area contributed by atoms with Crippen molar-refractivity contribution in [3.8, 4) is 5.75 Å². The molecular weight excluding hydrogens is 305 g/mol. The molecule has 23 heavy (non-hydrogen) atoms. The maximum absolute atomic E-state index is 12.8. The van der Waals surface area contributed by atoms with Crippen LogP contribution in [0.15, 0.2) is 24.3 Å². The first-order chi connectivity index (χ1) is 10.9. The van der Waals surface area contributed by atoms with E-state index in [0.29, 0.717) is 6.42 Å². The van der Waals surface area contributed by atoms with Gasteiger partial charge in [0.1, 0.15) is 23.7 Å². The van der Waals surface area contributed by atoms with E-state index in [-0.39, 0.29) is 30.2 Å². The summed E-state index contributed by atoms with van der Waals surface area (Å²) in [6, 6.07) is 3.56. The standard InChI is InChI=1S/C15H16FN3O4/c1-8-14(21)19-7-10(6-12(19)13(20)17-8)18-15(22)23-11-4-2-9(16)3-5-11/h2-5,8,10,12H,6-7H2,1H3,(H,17,20)(H,18,22)/t8-,10-,12-/m0/s1. The molecule has 0 radical (unpaired) electrons. The Hall–Kier alpha value is -2.64. The number of hydrogen-bond acceptors (Lipinski definition) is 4. The number of hydrogen-bond donors (Lipinski definition) is 2. The van der Waals surface area contributed by atoms with Gasteiger partial charge in [0, 0.05) is 6.54 Å². The Bertz CT molecular complexity index is 649. The second kappa shape index (κ2) is 5.86. The van der Waals surface area contributed by atoms with Crippen molar-refractivity contribution >= 4 is 17.9 Å². The van der Waals surface area contributed by atoms with Crippen LogP contribution < -0.4 is 15.4 Å². The van der Waals surface area contributed by atoms with Crippen LogP contribution in [-0.4, -0.2) is 47.5 Å². The number of nitrogens with one attached hydrogen (secondary N) is 2. The molecule has 3 atom stereocenters. The SMILES string of the molecule is C[C@@H]1NC(=O)[C@@H]2C[C@H](NC(=O)Oc3ccc(F)cc3)CN2C1=O. The van der Waals surface area contributed by atoms with Gasteiger partial charge in [-0.15, -0.1) is 0 Å². The molecule has 122 valence electrons. The Morgan fingerprint density at radius 1 is 1.35 bits per heavy atom. The largest absolute Gasteiger partial charge is 0.412 e. The Labute approximate surface area is 131 Å². The van der Waals surface area contributed by atoms with E-state index in [1.165, 1.54) is 29.2 Å². The third-order valence-corrected chi connectivity index (χ3v) is 3.96. The van der Waals surface area contributed by atoms with Crippen LogP contribution in [0.4, 0.5) is 9.18 Å². The fourth-order valence-corrected chi connectivity index (χ4v) is 2.86. The molecule has 0 spiro atoms. The Morgan fingerprint density at radius 3 is 2.74 bits per heavy atom. The molecule has 3 amide bonds. The molecule has 2 fully saturated rings. The summed E-state index contributed by atoms with van der Waals surface area (Å²) >= 11 is 0. The van der Waals surface area contributed by atoms with E-state index in [1.807, 2.05) is 0 Å². The highest BCUT2D eigenvalue weighted by molar-refractivity contribution is 5.97. The molecule has 2 saturated heterocycles. The summed E-state index contributed by atoms with van der Waals surface area (Å²) in [6.07, 6.45) is -0.370. The molecule has 0 bridgehead atoms. The lowest BCUT2D eigenvalue weighted by atomic mass is 10.1. The van der Waals surface area contributed by atoms with E-state index in [9.17, 15) is 18.8 Å². The van der Waals surface area contributed by atoms with Crippen molar-refractivity contribution in [2.45, 2.75) is 31.5 Å².